The maximum atomic E-state index is 12.4. The molecule has 0 radical (unpaired) electrons. The summed E-state index contributed by atoms with van der Waals surface area (Å²) >= 11 is 5.72. The van der Waals surface area contributed by atoms with Crippen LogP contribution in [-0.2, 0) is 0 Å². The Bertz CT molecular complexity index is 431. The van der Waals surface area contributed by atoms with Gasteiger partial charge >= 0.3 is 0 Å². The van der Waals surface area contributed by atoms with Crippen LogP contribution in [0, 0.1) is 13.8 Å². The van der Waals surface area contributed by atoms with E-state index < -0.39 is 0 Å². The first kappa shape index (κ1) is 13.4. The van der Waals surface area contributed by atoms with Crippen molar-refractivity contribution < 1.29 is 9.21 Å². The lowest BCUT2D eigenvalue weighted by atomic mass is 10.1. The van der Waals surface area contributed by atoms with Crippen molar-refractivity contribution in [3.63, 3.8) is 0 Å². The van der Waals surface area contributed by atoms with Crippen molar-refractivity contribution in [2.75, 3.05) is 12.4 Å². The van der Waals surface area contributed by atoms with Crippen LogP contribution in [-0.4, -0.2) is 34.3 Å². The zero-order valence-corrected chi connectivity index (χ0v) is 11.7. The Morgan fingerprint density at radius 2 is 2.33 bits per heavy atom. The number of carbonyl (C=O) groups excluding carboxylic acids is 1. The van der Waals surface area contributed by atoms with Gasteiger partial charge in [0.2, 0.25) is 5.76 Å². The summed E-state index contributed by atoms with van der Waals surface area (Å²) in [6.07, 6.45) is 4.05. The molecule has 0 N–H and O–H groups in total. The number of hydrogen-bond acceptors (Lipinski definition) is 3. The summed E-state index contributed by atoms with van der Waals surface area (Å²) in [6.45, 7) is 4.39. The highest BCUT2D eigenvalue weighted by Crippen LogP contribution is 2.25. The summed E-state index contributed by atoms with van der Waals surface area (Å²) in [7, 11) is 0. The molecule has 0 saturated carbocycles. The monoisotopic (exact) mass is 270 g/mol. The van der Waals surface area contributed by atoms with Gasteiger partial charge in [0.15, 0.2) is 5.89 Å². The van der Waals surface area contributed by atoms with Crippen LogP contribution in [0.4, 0.5) is 0 Å². The second kappa shape index (κ2) is 5.74. The van der Waals surface area contributed by atoms with Crippen molar-refractivity contribution in [3.05, 3.63) is 17.3 Å². The fourth-order valence-electron chi connectivity index (χ4n) is 2.58. The number of aromatic nitrogens is 1. The lowest BCUT2D eigenvalue weighted by molar-refractivity contribution is 0.0695. The number of nitrogens with zero attached hydrogens (tertiary/aromatic N) is 2. The maximum Gasteiger partial charge on any atom is 0.291 e. The number of amides is 1. The highest BCUT2D eigenvalue weighted by molar-refractivity contribution is 6.17. The maximum absolute atomic E-state index is 12.4. The predicted octanol–water partition coefficient (Wildman–Crippen LogP) is 2.92. The highest BCUT2D eigenvalue weighted by atomic mass is 35.5. The second-order valence-electron chi connectivity index (χ2n) is 4.77. The quantitative estimate of drug-likeness (QED) is 0.791. The van der Waals surface area contributed by atoms with Crippen LogP contribution < -0.4 is 0 Å². The number of rotatable bonds is 4. The number of carbonyl (C=O) groups is 1. The van der Waals surface area contributed by atoms with E-state index in [4.69, 9.17) is 16.0 Å². The third-order valence-electron chi connectivity index (χ3n) is 3.41. The van der Waals surface area contributed by atoms with E-state index in [2.05, 4.69) is 4.98 Å². The number of hydrogen-bond donors (Lipinski definition) is 0. The fourth-order valence-corrected chi connectivity index (χ4v) is 2.73. The van der Waals surface area contributed by atoms with Crippen LogP contribution in [0.5, 0.6) is 0 Å². The molecule has 18 heavy (non-hydrogen) atoms. The lowest BCUT2D eigenvalue weighted by Crippen LogP contribution is -2.35. The molecule has 0 aromatic carbocycles. The number of aryl methyl sites for hydroxylation is 2. The Morgan fingerprint density at radius 3 is 2.94 bits per heavy atom. The SMILES string of the molecule is Cc1nc(C)c(C(=O)N2CCCC2CCCCl)o1. The Labute approximate surface area is 112 Å². The summed E-state index contributed by atoms with van der Waals surface area (Å²) < 4.78 is 5.41. The van der Waals surface area contributed by atoms with Crippen LogP contribution in [0.2, 0.25) is 0 Å². The number of oxazole rings is 1. The van der Waals surface area contributed by atoms with E-state index in [1.54, 1.807) is 6.92 Å². The average Bonchev–Trinajstić information content (AvgIpc) is 2.92. The highest BCUT2D eigenvalue weighted by Gasteiger charge is 2.31. The van der Waals surface area contributed by atoms with Crippen molar-refractivity contribution in [3.8, 4) is 0 Å². The zero-order valence-electron chi connectivity index (χ0n) is 10.9. The largest absolute Gasteiger partial charge is 0.436 e. The molecule has 1 aromatic rings. The minimum atomic E-state index is -0.0230. The molecule has 1 saturated heterocycles. The molecule has 0 bridgehead atoms. The van der Waals surface area contributed by atoms with Gasteiger partial charge in [-0.15, -0.1) is 11.6 Å². The van der Waals surface area contributed by atoms with Gasteiger partial charge in [-0.05, 0) is 32.6 Å². The minimum Gasteiger partial charge on any atom is -0.436 e. The molecule has 1 aromatic heterocycles. The van der Waals surface area contributed by atoms with Crippen LogP contribution in [0.25, 0.3) is 0 Å². The standard InChI is InChI=1S/C13H19ClN2O2/c1-9-12(18-10(2)15-9)13(17)16-8-4-6-11(16)5-3-7-14/h11H,3-8H2,1-2H3. The summed E-state index contributed by atoms with van der Waals surface area (Å²) in [6, 6.07) is 0.307. The topological polar surface area (TPSA) is 46.3 Å². The van der Waals surface area contributed by atoms with Gasteiger partial charge < -0.3 is 9.32 Å². The third kappa shape index (κ3) is 2.69. The molecule has 1 aliphatic rings. The van der Waals surface area contributed by atoms with E-state index in [0.717, 1.165) is 32.2 Å². The first-order valence-electron chi connectivity index (χ1n) is 6.44. The van der Waals surface area contributed by atoms with Crippen LogP contribution in [0.3, 0.4) is 0 Å². The van der Waals surface area contributed by atoms with Gasteiger partial charge in [0.25, 0.3) is 5.91 Å². The Balaban J connectivity index is 2.10. The summed E-state index contributed by atoms with van der Waals surface area (Å²) in [5.41, 5.74) is 0.681. The van der Waals surface area contributed by atoms with Gasteiger partial charge in [-0.1, -0.05) is 0 Å². The molecule has 100 valence electrons. The van der Waals surface area contributed by atoms with Gasteiger partial charge in [-0.25, -0.2) is 4.98 Å². The summed E-state index contributed by atoms with van der Waals surface area (Å²) in [4.78, 5) is 18.5. The number of alkyl halides is 1. The lowest BCUT2D eigenvalue weighted by Gasteiger charge is -2.23. The molecule has 4 nitrogen and oxygen atoms in total. The fraction of sp³-hybridized carbons (Fsp3) is 0.692. The van der Waals surface area contributed by atoms with Gasteiger partial charge in [0.05, 0.1) is 5.69 Å². The van der Waals surface area contributed by atoms with E-state index in [-0.39, 0.29) is 5.91 Å². The molecular weight excluding hydrogens is 252 g/mol. The molecule has 0 aliphatic carbocycles. The van der Waals surface area contributed by atoms with E-state index in [0.29, 0.717) is 29.3 Å². The van der Waals surface area contributed by atoms with Crippen LogP contribution >= 0.6 is 11.6 Å². The van der Waals surface area contributed by atoms with Crippen LogP contribution in [0.15, 0.2) is 4.42 Å². The molecule has 2 heterocycles. The Morgan fingerprint density at radius 1 is 1.56 bits per heavy atom. The van der Waals surface area contributed by atoms with Crippen molar-refractivity contribution in [2.45, 2.75) is 45.6 Å². The van der Waals surface area contributed by atoms with E-state index in [1.165, 1.54) is 0 Å². The molecule has 1 fully saturated rings. The Kier molecular flexibility index (Phi) is 4.27. The second-order valence-corrected chi connectivity index (χ2v) is 5.15. The third-order valence-corrected chi connectivity index (χ3v) is 3.67. The zero-order chi connectivity index (χ0) is 13.1. The molecule has 2 rings (SSSR count). The van der Waals surface area contributed by atoms with Crippen molar-refractivity contribution >= 4 is 17.5 Å². The minimum absolute atomic E-state index is 0.0230. The predicted molar refractivity (Wildman–Crippen MR) is 70.0 cm³/mol. The molecule has 1 amide bonds. The van der Waals surface area contributed by atoms with Crippen molar-refractivity contribution in [1.29, 1.82) is 0 Å². The van der Waals surface area contributed by atoms with Gasteiger partial charge in [0, 0.05) is 25.4 Å². The summed E-state index contributed by atoms with van der Waals surface area (Å²) in [5, 5.41) is 0. The van der Waals surface area contributed by atoms with E-state index in [9.17, 15) is 4.79 Å². The number of likely N-dealkylation sites (tertiary alicyclic amines) is 1. The molecular formula is C13H19ClN2O2. The molecule has 0 spiro atoms. The normalized spacial score (nSPS) is 19.5. The molecule has 1 aliphatic heterocycles. The first-order chi connectivity index (χ1) is 8.63. The van der Waals surface area contributed by atoms with E-state index >= 15 is 0 Å². The number of halogens is 1. The Hall–Kier alpha value is -1.03. The first-order valence-corrected chi connectivity index (χ1v) is 6.98. The molecule has 1 atom stereocenters. The van der Waals surface area contributed by atoms with E-state index in [1.807, 2.05) is 11.8 Å². The molecule has 1 unspecified atom stereocenters. The smallest absolute Gasteiger partial charge is 0.291 e. The molecule has 5 heteroatoms. The summed E-state index contributed by atoms with van der Waals surface area (Å²) in [5.74, 6) is 1.57. The van der Waals surface area contributed by atoms with Gasteiger partial charge in [-0.2, -0.15) is 0 Å². The van der Waals surface area contributed by atoms with Gasteiger partial charge in [-0.3, -0.25) is 4.79 Å². The van der Waals surface area contributed by atoms with Crippen molar-refractivity contribution in [1.82, 2.24) is 9.88 Å². The van der Waals surface area contributed by atoms with Crippen molar-refractivity contribution in [2.24, 2.45) is 0 Å². The van der Waals surface area contributed by atoms with Gasteiger partial charge in [0.1, 0.15) is 0 Å². The average molecular weight is 271 g/mol. The van der Waals surface area contributed by atoms with Crippen LogP contribution in [0.1, 0.15) is 47.8 Å².